The van der Waals surface area contributed by atoms with Crippen molar-refractivity contribution < 1.29 is 18.9 Å². The first-order valence-corrected chi connectivity index (χ1v) is 11.4. The lowest BCUT2D eigenvalue weighted by atomic mass is 10.0. The highest BCUT2D eigenvalue weighted by Crippen LogP contribution is 2.27. The van der Waals surface area contributed by atoms with Crippen LogP contribution in [0.4, 0.5) is 11.4 Å². The first kappa shape index (κ1) is 19.6. The molecule has 4 aliphatic heterocycles. The van der Waals surface area contributed by atoms with Crippen molar-refractivity contribution in [3.8, 4) is 0 Å². The topological polar surface area (TPSA) is 53.3 Å². The van der Waals surface area contributed by atoms with Gasteiger partial charge in [0.2, 0.25) is 0 Å². The molecular weight excluding hydrogens is 392 g/mol. The number of rotatable bonds is 11. The van der Waals surface area contributed by atoms with Gasteiger partial charge in [0.1, 0.15) is 0 Å². The van der Waals surface area contributed by atoms with E-state index in [1.165, 1.54) is 22.5 Å². The maximum absolute atomic E-state index is 5.46. The van der Waals surface area contributed by atoms with Gasteiger partial charge in [0.25, 0.3) is 0 Å². The molecule has 0 aromatic heterocycles. The van der Waals surface area contributed by atoms with Gasteiger partial charge in [-0.3, -0.25) is 0 Å². The van der Waals surface area contributed by atoms with E-state index < -0.39 is 0 Å². The zero-order chi connectivity index (χ0) is 20.6. The van der Waals surface area contributed by atoms with Gasteiger partial charge < -0.3 is 28.7 Å². The number of hydrogen-bond acceptors (Lipinski definition) is 6. The van der Waals surface area contributed by atoms with E-state index in [4.69, 9.17) is 18.9 Å². The van der Waals surface area contributed by atoms with Crippen molar-refractivity contribution in [1.82, 2.24) is 0 Å². The van der Waals surface area contributed by atoms with E-state index in [1.807, 2.05) is 0 Å². The average Bonchev–Trinajstić information content (AvgIpc) is 3.58. The van der Waals surface area contributed by atoms with Crippen molar-refractivity contribution in [2.45, 2.75) is 30.8 Å². The monoisotopic (exact) mass is 422 g/mol. The molecule has 0 bridgehead atoms. The van der Waals surface area contributed by atoms with Crippen LogP contribution >= 0.6 is 0 Å². The molecule has 0 radical (unpaired) electrons. The van der Waals surface area contributed by atoms with Crippen LogP contribution in [0.5, 0.6) is 0 Å². The minimum absolute atomic E-state index is 0.384. The van der Waals surface area contributed by atoms with Gasteiger partial charge in [0, 0.05) is 31.0 Å². The molecular formula is C25H30N2O4. The number of ether oxygens (including phenoxy) is 4. The molecule has 3 unspecified atom stereocenters. The molecule has 0 amide bonds. The molecule has 6 heteroatoms. The fourth-order valence-corrected chi connectivity index (χ4v) is 4.25. The SMILES string of the molecule is c1cc(N(CC2CO2)CC2CO2)ccc1Cc1ccc(N(CC2CO2)C2COC2)cc1. The second-order valence-corrected chi connectivity index (χ2v) is 9.12. The summed E-state index contributed by atoms with van der Waals surface area (Å²) >= 11 is 0. The third-order valence-electron chi connectivity index (χ3n) is 6.49. The molecule has 4 heterocycles. The molecule has 31 heavy (non-hydrogen) atoms. The van der Waals surface area contributed by atoms with Crippen LogP contribution in [0, 0.1) is 0 Å². The predicted molar refractivity (Wildman–Crippen MR) is 119 cm³/mol. The second kappa shape index (κ2) is 8.43. The summed E-state index contributed by atoms with van der Waals surface area (Å²) < 4.78 is 21.8. The van der Waals surface area contributed by atoms with Crippen LogP contribution in [0.25, 0.3) is 0 Å². The molecule has 0 saturated carbocycles. The molecule has 0 N–H and O–H groups in total. The summed E-state index contributed by atoms with van der Waals surface area (Å²) in [6.45, 7) is 7.16. The van der Waals surface area contributed by atoms with E-state index in [9.17, 15) is 0 Å². The molecule has 4 aliphatic rings. The van der Waals surface area contributed by atoms with Gasteiger partial charge >= 0.3 is 0 Å². The molecule has 3 atom stereocenters. The number of anilines is 2. The molecule has 0 spiro atoms. The highest BCUT2D eigenvalue weighted by Gasteiger charge is 2.33. The van der Waals surface area contributed by atoms with E-state index in [-0.39, 0.29) is 0 Å². The molecule has 4 saturated heterocycles. The van der Waals surface area contributed by atoms with Gasteiger partial charge in [-0.1, -0.05) is 24.3 Å². The molecule has 2 aromatic rings. The highest BCUT2D eigenvalue weighted by molar-refractivity contribution is 5.51. The second-order valence-electron chi connectivity index (χ2n) is 9.12. The molecule has 6 rings (SSSR count). The van der Waals surface area contributed by atoms with Gasteiger partial charge in [-0.05, 0) is 41.8 Å². The van der Waals surface area contributed by atoms with Crippen molar-refractivity contribution in [1.29, 1.82) is 0 Å². The molecule has 164 valence electrons. The summed E-state index contributed by atoms with van der Waals surface area (Å²) in [4.78, 5) is 4.84. The highest BCUT2D eigenvalue weighted by atomic mass is 16.6. The van der Waals surface area contributed by atoms with Crippen molar-refractivity contribution in [2.24, 2.45) is 0 Å². The molecule has 0 aliphatic carbocycles. The largest absolute Gasteiger partial charge is 0.377 e. The normalized spacial score (nSPS) is 26.3. The maximum atomic E-state index is 5.46. The minimum atomic E-state index is 0.384. The summed E-state index contributed by atoms with van der Waals surface area (Å²) in [7, 11) is 0. The number of epoxide rings is 3. The van der Waals surface area contributed by atoms with Crippen LogP contribution in [-0.2, 0) is 25.4 Å². The average molecular weight is 423 g/mol. The number of hydrogen-bond donors (Lipinski definition) is 0. The Bertz CT molecular complexity index is 857. The first-order chi connectivity index (χ1) is 15.3. The van der Waals surface area contributed by atoms with Crippen LogP contribution in [0.2, 0.25) is 0 Å². The van der Waals surface area contributed by atoms with Crippen LogP contribution in [0.1, 0.15) is 11.1 Å². The standard InChI is InChI=1S/C25H30N2O4/c1-5-20(26(10-23-15-29-23)11-24-16-30-24)6-2-18(1)9-19-3-7-21(8-4-19)27(12-25-17-31-25)22-13-28-14-22/h1-8,22-25H,9-17H2. The van der Waals surface area contributed by atoms with Crippen LogP contribution in [0.15, 0.2) is 48.5 Å². The van der Waals surface area contributed by atoms with E-state index >= 15 is 0 Å². The number of benzene rings is 2. The van der Waals surface area contributed by atoms with E-state index in [2.05, 4.69) is 58.3 Å². The number of nitrogens with zero attached hydrogens (tertiary/aromatic N) is 2. The Balaban J connectivity index is 1.10. The Morgan fingerprint density at radius 2 is 1.10 bits per heavy atom. The Labute approximate surface area is 183 Å². The first-order valence-electron chi connectivity index (χ1n) is 11.4. The third-order valence-corrected chi connectivity index (χ3v) is 6.49. The van der Waals surface area contributed by atoms with Crippen molar-refractivity contribution in [3.05, 3.63) is 59.7 Å². The van der Waals surface area contributed by atoms with Gasteiger partial charge in [0.15, 0.2) is 0 Å². The van der Waals surface area contributed by atoms with Crippen molar-refractivity contribution >= 4 is 11.4 Å². The fourth-order valence-electron chi connectivity index (χ4n) is 4.25. The van der Waals surface area contributed by atoms with Crippen LogP contribution < -0.4 is 9.80 Å². The predicted octanol–water partition coefficient (Wildman–Crippen LogP) is 2.49. The third kappa shape index (κ3) is 5.04. The summed E-state index contributed by atoms with van der Waals surface area (Å²) in [5.41, 5.74) is 5.19. The van der Waals surface area contributed by atoms with E-state index in [0.29, 0.717) is 24.4 Å². The van der Waals surface area contributed by atoms with Crippen molar-refractivity contribution in [2.75, 3.05) is 62.5 Å². The lowest BCUT2D eigenvalue weighted by Gasteiger charge is -2.38. The molecule has 2 aromatic carbocycles. The van der Waals surface area contributed by atoms with Gasteiger partial charge in [-0.25, -0.2) is 0 Å². The zero-order valence-corrected chi connectivity index (χ0v) is 17.8. The van der Waals surface area contributed by atoms with E-state index in [1.54, 1.807) is 0 Å². The summed E-state index contributed by atoms with van der Waals surface area (Å²) in [6.07, 6.45) is 2.09. The van der Waals surface area contributed by atoms with Gasteiger partial charge in [-0.15, -0.1) is 0 Å². The van der Waals surface area contributed by atoms with Crippen LogP contribution in [0.3, 0.4) is 0 Å². The fraction of sp³-hybridized carbons (Fsp3) is 0.520. The molecule has 4 fully saturated rings. The van der Waals surface area contributed by atoms with Crippen LogP contribution in [-0.4, -0.2) is 77.0 Å². The summed E-state index contributed by atoms with van der Waals surface area (Å²) in [5.74, 6) is 0. The van der Waals surface area contributed by atoms with E-state index in [0.717, 1.165) is 59.1 Å². The Morgan fingerprint density at radius 3 is 1.55 bits per heavy atom. The quantitative estimate of drug-likeness (QED) is 0.519. The lowest BCUT2D eigenvalue weighted by Crippen LogP contribution is -2.50. The van der Waals surface area contributed by atoms with Gasteiger partial charge in [0.05, 0.1) is 57.4 Å². The smallest absolute Gasteiger partial charge is 0.0984 e. The molecule has 6 nitrogen and oxygen atoms in total. The zero-order valence-electron chi connectivity index (χ0n) is 17.8. The lowest BCUT2D eigenvalue weighted by molar-refractivity contribution is 0.00764. The summed E-state index contributed by atoms with van der Waals surface area (Å²) in [5, 5.41) is 0. The van der Waals surface area contributed by atoms with Gasteiger partial charge in [-0.2, -0.15) is 0 Å². The minimum Gasteiger partial charge on any atom is -0.377 e. The maximum Gasteiger partial charge on any atom is 0.0984 e. The Hall–Kier alpha value is -2.12. The Kier molecular flexibility index (Phi) is 5.32. The van der Waals surface area contributed by atoms with Crippen molar-refractivity contribution in [3.63, 3.8) is 0 Å². The Morgan fingerprint density at radius 1 is 0.613 bits per heavy atom. The summed E-state index contributed by atoms with van der Waals surface area (Å²) in [6, 6.07) is 18.5.